The fraction of sp³-hybridized carbons (Fsp3) is 0. The van der Waals surface area contributed by atoms with Crippen molar-refractivity contribution in [3.63, 3.8) is 0 Å². The second-order valence-electron chi connectivity index (χ2n) is 1.07. The molecule has 50 valence electrons. The summed E-state index contributed by atoms with van der Waals surface area (Å²) in [7, 11) is 0. The Kier molecular flexibility index (Phi) is 2.73. The molecule has 0 spiro atoms. The molecule has 0 aliphatic carbocycles. The molecular weight excluding hydrogens is 176 g/mol. The summed E-state index contributed by atoms with van der Waals surface area (Å²) in [6, 6.07) is 0. The SMILES string of the molecule is NSc1nnc(SN)s1. The van der Waals surface area contributed by atoms with Crippen LogP contribution >= 0.6 is 35.2 Å². The minimum absolute atomic E-state index is 0.739. The molecule has 0 radical (unpaired) electrons. The van der Waals surface area contributed by atoms with Crippen LogP contribution in [-0.2, 0) is 0 Å². The molecular formula is C2H4N4S3. The average Bonchev–Trinajstić information content (AvgIpc) is 2.34. The van der Waals surface area contributed by atoms with Gasteiger partial charge in [0.2, 0.25) is 0 Å². The van der Waals surface area contributed by atoms with Crippen LogP contribution in [0.1, 0.15) is 0 Å². The Hall–Kier alpha value is 0.180. The molecule has 0 aliphatic rings. The van der Waals surface area contributed by atoms with E-state index in [1.54, 1.807) is 0 Å². The number of nitrogens with two attached hydrogens (primary N) is 2. The molecule has 0 fully saturated rings. The van der Waals surface area contributed by atoms with Crippen molar-refractivity contribution in [2.75, 3.05) is 0 Å². The third kappa shape index (κ3) is 1.80. The van der Waals surface area contributed by atoms with Crippen molar-refractivity contribution >= 4 is 35.2 Å². The summed E-state index contributed by atoms with van der Waals surface area (Å²) < 4.78 is 1.48. The number of hydrogen-bond donors (Lipinski definition) is 2. The van der Waals surface area contributed by atoms with Crippen LogP contribution in [0.4, 0.5) is 0 Å². The molecule has 0 aliphatic heterocycles. The van der Waals surface area contributed by atoms with Gasteiger partial charge >= 0.3 is 0 Å². The van der Waals surface area contributed by atoms with E-state index in [1.165, 1.54) is 11.3 Å². The zero-order valence-electron chi connectivity index (χ0n) is 4.27. The predicted molar refractivity (Wildman–Crippen MR) is 40.0 cm³/mol. The summed E-state index contributed by atoms with van der Waals surface area (Å²) >= 11 is 3.55. The molecule has 1 rings (SSSR count). The lowest BCUT2D eigenvalue weighted by Crippen LogP contribution is -1.77. The molecule has 1 heterocycles. The van der Waals surface area contributed by atoms with E-state index in [0.29, 0.717) is 0 Å². The van der Waals surface area contributed by atoms with E-state index in [2.05, 4.69) is 10.2 Å². The van der Waals surface area contributed by atoms with Crippen LogP contribution in [-0.4, -0.2) is 10.2 Å². The van der Waals surface area contributed by atoms with Gasteiger partial charge in [0.15, 0.2) is 8.68 Å². The Labute approximate surface area is 64.7 Å². The first kappa shape index (κ1) is 7.29. The standard InChI is InChI=1S/C2H4N4S3/c3-8-1-5-6-2(7-1)9-4/h3-4H2. The van der Waals surface area contributed by atoms with Crippen molar-refractivity contribution in [3.8, 4) is 0 Å². The van der Waals surface area contributed by atoms with Gasteiger partial charge in [-0.25, -0.2) is 0 Å². The molecule has 0 unspecified atom stereocenters. The number of rotatable bonds is 2. The Balaban J connectivity index is 2.74. The first-order chi connectivity index (χ1) is 4.36. The second-order valence-corrected chi connectivity index (χ2v) is 3.81. The van der Waals surface area contributed by atoms with Gasteiger partial charge in [0.25, 0.3) is 0 Å². The Morgan fingerprint density at radius 2 is 1.56 bits per heavy atom. The quantitative estimate of drug-likeness (QED) is 0.644. The molecule has 4 N–H and O–H groups in total. The summed E-state index contributed by atoms with van der Waals surface area (Å²) in [4.78, 5) is 0. The molecule has 0 bridgehead atoms. The average molecular weight is 180 g/mol. The Morgan fingerprint density at radius 1 is 1.11 bits per heavy atom. The van der Waals surface area contributed by atoms with Gasteiger partial charge in [-0.1, -0.05) is 11.3 Å². The van der Waals surface area contributed by atoms with Crippen molar-refractivity contribution < 1.29 is 0 Å². The maximum atomic E-state index is 5.19. The molecule has 0 saturated heterocycles. The van der Waals surface area contributed by atoms with E-state index < -0.39 is 0 Å². The lowest BCUT2D eigenvalue weighted by atomic mass is 11.6. The third-order valence-corrected chi connectivity index (χ3v) is 2.75. The number of aromatic nitrogens is 2. The fourth-order valence-corrected chi connectivity index (χ4v) is 1.80. The summed E-state index contributed by atoms with van der Waals surface area (Å²) in [6.45, 7) is 0. The summed E-state index contributed by atoms with van der Waals surface area (Å²) in [6.07, 6.45) is 0. The molecule has 1 aromatic heterocycles. The Morgan fingerprint density at radius 3 is 1.78 bits per heavy atom. The highest BCUT2D eigenvalue weighted by Crippen LogP contribution is 2.22. The van der Waals surface area contributed by atoms with Gasteiger partial charge in [0.1, 0.15) is 0 Å². The van der Waals surface area contributed by atoms with E-state index in [0.717, 1.165) is 32.6 Å². The van der Waals surface area contributed by atoms with E-state index in [9.17, 15) is 0 Å². The highest BCUT2D eigenvalue weighted by molar-refractivity contribution is 8.01. The highest BCUT2D eigenvalue weighted by Gasteiger charge is 1.99. The van der Waals surface area contributed by atoms with Crippen LogP contribution in [0.2, 0.25) is 0 Å². The van der Waals surface area contributed by atoms with Gasteiger partial charge in [0, 0.05) is 0 Å². The summed E-state index contributed by atoms with van der Waals surface area (Å²) in [5.41, 5.74) is 0. The zero-order valence-corrected chi connectivity index (χ0v) is 6.72. The topological polar surface area (TPSA) is 77.8 Å². The van der Waals surface area contributed by atoms with Gasteiger partial charge in [-0.15, -0.1) is 10.2 Å². The molecule has 1 aromatic rings. The molecule has 4 nitrogen and oxygen atoms in total. The highest BCUT2D eigenvalue weighted by atomic mass is 32.2. The van der Waals surface area contributed by atoms with Gasteiger partial charge in [-0.05, 0) is 23.9 Å². The van der Waals surface area contributed by atoms with Crippen molar-refractivity contribution in [2.45, 2.75) is 8.68 Å². The zero-order chi connectivity index (χ0) is 6.69. The normalized spacial score (nSPS) is 10.0. The predicted octanol–water partition coefficient (Wildman–Crippen LogP) is 0.470. The smallest absolute Gasteiger partial charge is 0.189 e. The maximum absolute atomic E-state index is 5.19. The van der Waals surface area contributed by atoms with Crippen LogP contribution in [0.3, 0.4) is 0 Å². The van der Waals surface area contributed by atoms with E-state index in [4.69, 9.17) is 10.3 Å². The van der Waals surface area contributed by atoms with Crippen LogP contribution in [0.25, 0.3) is 0 Å². The number of hydrogen-bond acceptors (Lipinski definition) is 7. The lowest BCUT2D eigenvalue weighted by molar-refractivity contribution is 0.955. The van der Waals surface area contributed by atoms with E-state index in [1.807, 2.05) is 0 Å². The molecule has 0 aromatic carbocycles. The third-order valence-electron chi connectivity index (χ3n) is 0.590. The van der Waals surface area contributed by atoms with E-state index in [-0.39, 0.29) is 0 Å². The van der Waals surface area contributed by atoms with Crippen molar-refractivity contribution in [1.82, 2.24) is 10.2 Å². The van der Waals surface area contributed by atoms with Crippen molar-refractivity contribution in [1.29, 1.82) is 0 Å². The minimum Gasteiger partial charge on any atom is -0.272 e. The fourth-order valence-electron chi connectivity index (χ4n) is 0.292. The van der Waals surface area contributed by atoms with Crippen LogP contribution in [0.15, 0.2) is 8.68 Å². The maximum Gasteiger partial charge on any atom is 0.189 e. The number of nitrogens with zero attached hydrogens (tertiary/aromatic N) is 2. The van der Waals surface area contributed by atoms with Crippen LogP contribution in [0.5, 0.6) is 0 Å². The first-order valence-corrected chi connectivity index (χ1v) is 4.51. The van der Waals surface area contributed by atoms with Crippen LogP contribution in [0, 0.1) is 0 Å². The second kappa shape index (κ2) is 3.37. The first-order valence-electron chi connectivity index (χ1n) is 1.94. The van der Waals surface area contributed by atoms with Gasteiger partial charge in [-0.2, -0.15) is 0 Å². The van der Waals surface area contributed by atoms with Gasteiger partial charge in [-0.3, -0.25) is 10.3 Å². The summed E-state index contributed by atoms with van der Waals surface area (Å²) in [5, 5.41) is 17.8. The van der Waals surface area contributed by atoms with Gasteiger partial charge in [0.05, 0.1) is 0 Å². The monoisotopic (exact) mass is 180 g/mol. The Bertz CT molecular complexity index is 167. The van der Waals surface area contributed by atoms with Crippen LogP contribution < -0.4 is 10.3 Å². The van der Waals surface area contributed by atoms with Crippen molar-refractivity contribution in [2.24, 2.45) is 10.3 Å². The molecule has 0 amide bonds. The molecule has 9 heavy (non-hydrogen) atoms. The molecule has 0 saturated carbocycles. The summed E-state index contributed by atoms with van der Waals surface area (Å²) in [5.74, 6) is 0. The van der Waals surface area contributed by atoms with Gasteiger partial charge < -0.3 is 0 Å². The lowest BCUT2D eigenvalue weighted by Gasteiger charge is -1.78. The van der Waals surface area contributed by atoms with Crippen molar-refractivity contribution in [3.05, 3.63) is 0 Å². The minimum atomic E-state index is 0.739. The largest absolute Gasteiger partial charge is 0.272 e. The molecule has 7 heteroatoms. The molecule has 0 atom stereocenters. The van der Waals surface area contributed by atoms with E-state index >= 15 is 0 Å².